The van der Waals surface area contributed by atoms with Gasteiger partial charge in [-0.1, -0.05) is 29.8 Å². The summed E-state index contributed by atoms with van der Waals surface area (Å²) in [6, 6.07) is 11.1. The van der Waals surface area contributed by atoms with Crippen molar-refractivity contribution >= 4 is 0 Å². The van der Waals surface area contributed by atoms with Crippen molar-refractivity contribution in [3.05, 3.63) is 35.4 Å². The highest BCUT2D eigenvalue weighted by molar-refractivity contribution is 5.25. The second-order valence-electron chi connectivity index (χ2n) is 6.31. The normalized spacial score (nSPS) is 24.9. The highest BCUT2D eigenvalue weighted by Crippen LogP contribution is 2.35. The third-order valence-electron chi connectivity index (χ3n) is 4.63. The van der Waals surface area contributed by atoms with Crippen LogP contribution >= 0.6 is 0 Å². The van der Waals surface area contributed by atoms with Crippen LogP contribution < -0.4 is 5.32 Å². The third kappa shape index (κ3) is 3.18. The summed E-state index contributed by atoms with van der Waals surface area (Å²) in [7, 11) is 0. The van der Waals surface area contributed by atoms with Gasteiger partial charge in [0.05, 0.1) is 0 Å². The molecule has 1 aliphatic carbocycles. The first kappa shape index (κ1) is 13.1. The van der Waals surface area contributed by atoms with E-state index >= 15 is 0 Å². The summed E-state index contributed by atoms with van der Waals surface area (Å²) in [4.78, 5) is 2.73. The molecule has 2 fully saturated rings. The van der Waals surface area contributed by atoms with Gasteiger partial charge in [-0.25, -0.2) is 0 Å². The molecule has 3 rings (SSSR count). The highest BCUT2D eigenvalue weighted by Gasteiger charge is 2.34. The van der Waals surface area contributed by atoms with E-state index in [9.17, 15) is 0 Å². The Morgan fingerprint density at radius 3 is 2.79 bits per heavy atom. The number of hydrogen-bond acceptors (Lipinski definition) is 2. The third-order valence-corrected chi connectivity index (χ3v) is 4.63. The maximum absolute atomic E-state index is 3.65. The summed E-state index contributed by atoms with van der Waals surface area (Å²) >= 11 is 0. The predicted octanol–water partition coefficient (Wildman–Crippen LogP) is 3.27. The van der Waals surface area contributed by atoms with Crippen LogP contribution in [0.4, 0.5) is 0 Å². The maximum atomic E-state index is 3.65. The first-order valence-electron chi connectivity index (χ1n) is 7.80. The fourth-order valence-corrected chi connectivity index (χ4v) is 3.32. The number of nitrogens with zero attached hydrogens (tertiary/aromatic N) is 1. The summed E-state index contributed by atoms with van der Waals surface area (Å²) in [5.41, 5.74) is 2.85. The molecule has 0 amide bonds. The lowest BCUT2D eigenvalue weighted by Crippen LogP contribution is -2.40. The molecule has 104 valence electrons. The number of benzene rings is 1. The molecule has 0 spiro atoms. The van der Waals surface area contributed by atoms with Gasteiger partial charge in [-0.3, -0.25) is 4.90 Å². The number of aryl methyl sites for hydroxylation is 1. The maximum Gasteiger partial charge on any atom is 0.0323 e. The van der Waals surface area contributed by atoms with Gasteiger partial charge in [-0.05, 0) is 51.6 Å². The lowest BCUT2D eigenvalue weighted by molar-refractivity contribution is 0.182. The Morgan fingerprint density at radius 1 is 1.32 bits per heavy atom. The molecule has 19 heavy (non-hydrogen) atoms. The van der Waals surface area contributed by atoms with Crippen molar-refractivity contribution in [1.82, 2.24) is 10.2 Å². The molecule has 1 saturated heterocycles. The topological polar surface area (TPSA) is 15.3 Å². The number of rotatable bonds is 5. The lowest BCUT2D eigenvalue weighted by Gasteiger charge is -2.32. The van der Waals surface area contributed by atoms with Gasteiger partial charge < -0.3 is 5.32 Å². The summed E-state index contributed by atoms with van der Waals surface area (Å²) in [5.74, 6) is 0. The summed E-state index contributed by atoms with van der Waals surface area (Å²) < 4.78 is 0. The smallest absolute Gasteiger partial charge is 0.0323 e. The van der Waals surface area contributed by atoms with E-state index in [1.54, 1.807) is 0 Å². The molecular weight excluding hydrogens is 232 g/mol. The molecule has 1 N–H and O–H groups in total. The fourth-order valence-electron chi connectivity index (χ4n) is 3.32. The van der Waals surface area contributed by atoms with E-state index in [0.717, 1.165) is 6.04 Å². The van der Waals surface area contributed by atoms with Crippen molar-refractivity contribution in [3.8, 4) is 0 Å². The fraction of sp³-hybridized carbons (Fsp3) is 0.647. The monoisotopic (exact) mass is 258 g/mol. The van der Waals surface area contributed by atoms with Gasteiger partial charge in [0.25, 0.3) is 0 Å². The van der Waals surface area contributed by atoms with Gasteiger partial charge in [0.15, 0.2) is 0 Å². The standard InChI is InChI=1S/C17H26N2/c1-13-5-3-6-15(11-13)14(2)19(17-8-9-17)12-16-7-4-10-18-16/h3,5-6,11,14,16-18H,4,7-10,12H2,1-2H3. The van der Waals surface area contributed by atoms with Gasteiger partial charge >= 0.3 is 0 Å². The second-order valence-corrected chi connectivity index (χ2v) is 6.31. The zero-order valence-corrected chi connectivity index (χ0v) is 12.2. The average Bonchev–Trinajstić information content (AvgIpc) is 3.12. The SMILES string of the molecule is Cc1cccc(C(C)N(CC2CCCN2)C2CC2)c1. The molecule has 1 aromatic rings. The zero-order chi connectivity index (χ0) is 13.2. The molecule has 0 radical (unpaired) electrons. The molecule has 1 saturated carbocycles. The van der Waals surface area contributed by atoms with E-state index in [2.05, 4.69) is 48.3 Å². The quantitative estimate of drug-likeness (QED) is 0.872. The van der Waals surface area contributed by atoms with Gasteiger partial charge in [-0.2, -0.15) is 0 Å². The molecular formula is C17H26N2. The van der Waals surface area contributed by atoms with Crippen molar-refractivity contribution in [1.29, 1.82) is 0 Å². The zero-order valence-electron chi connectivity index (χ0n) is 12.2. The van der Waals surface area contributed by atoms with Crippen LogP contribution in [0.2, 0.25) is 0 Å². The van der Waals surface area contributed by atoms with E-state index in [4.69, 9.17) is 0 Å². The Kier molecular flexibility index (Phi) is 3.90. The molecule has 0 aromatic heterocycles. The van der Waals surface area contributed by atoms with Gasteiger partial charge in [0, 0.05) is 24.7 Å². The minimum Gasteiger partial charge on any atom is -0.313 e. The minimum absolute atomic E-state index is 0.551. The van der Waals surface area contributed by atoms with Crippen LogP contribution in [0.25, 0.3) is 0 Å². The molecule has 2 nitrogen and oxygen atoms in total. The summed E-state index contributed by atoms with van der Waals surface area (Å²) in [5, 5.41) is 3.65. The molecule has 2 unspecified atom stereocenters. The van der Waals surface area contributed by atoms with Gasteiger partial charge in [0.1, 0.15) is 0 Å². The van der Waals surface area contributed by atoms with Crippen LogP contribution in [0, 0.1) is 6.92 Å². The van der Waals surface area contributed by atoms with E-state index < -0.39 is 0 Å². The first-order valence-corrected chi connectivity index (χ1v) is 7.80. The molecule has 2 aliphatic rings. The Labute approximate surface area is 117 Å². The summed E-state index contributed by atoms with van der Waals surface area (Å²) in [6.45, 7) is 7.00. The van der Waals surface area contributed by atoms with Crippen molar-refractivity contribution < 1.29 is 0 Å². The second kappa shape index (κ2) is 5.64. The van der Waals surface area contributed by atoms with Gasteiger partial charge in [0.2, 0.25) is 0 Å². The Bertz CT molecular complexity index is 419. The van der Waals surface area contributed by atoms with Crippen LogP contribution in [0.15, 0.2) is 24.3 Å². The molecule has 1 aromatic carbocycles. The largest absolute Gasteiger partial charge is 0.313 e. The van der Waals surface area contributed by atoms with Crippen molar-refractivity contribution in [2.75, 3.05) is 13.1 Å². The molecule has 1 aliphatic heterocycles. The molecule has 1 heterocycles. The van der Waals surface area contributed by atoms with Crippen LogP contribution in [0.1, 0.15) is 49.8 Å². The summed E-state index contributed by atoms with van der Waals surface area (Å²) in [6.07, 6.45) is 5.48. The van der Waals surface area contributed by atoms with Crippen LogP contribution in [0.5, 0.6) is 0 Å². The van der Waals surface area contributed by atoms with E-state index in [-0.39, 0.29) is 0 Å². The van der Waals surface area contributed by atoms with E-state index in [1.165, 1.54) is 49.9 Å². The number of hydrogen-bond donors (Lipinski definition) is 1. The Balaban J connectivity index is 1.71. The highest BCUT2D eigenvalue weighted by atomic mass is 15.2. The van der Waals surface area contributed by atoms with Crippen molar-refractivity contribution in [2.24, 2.45) is 0 Å². The van der Waals surface area contributed by atoms with Crippen molar-refractivity contribution in [2.45, 2.75) is 57.7 Å². The van der Waals surface area contributed by atoms with E-state index in [0.29, 0.717) is 12.1 Å². The predicted molar refractivity (Wildman–Crippen MR) is 80.3 cm³/mol. The van der Waals surface area contributed by atoms with Crippen LogP contribution in [-0.2, 0) is 0 Å². The van der Waals surface area contributed by atoms with Crippen LogP contribution in [-0.4, -0.2) is 30.1 Å². The molecule has 0 bridgehead atoms. The Morgan fingerprint density at radius 2 is 2.16 bits per heavy atom. The van der Waals surface area contributed by atoms with Gasteiger partial charge in [-0.15, -0.1) is 0 Å². The van der Waals surface area contributed by atoms with Crippen molar-refractivity contribution in [3.63, 3.8) is 0 Å². The number of nitrogens with one attached hydrogen (secondary N) is 1. The Hall–Kier alpha value is -0.860. The molecule has 2 atom stereocenters. The molecule has 2 heteroatoms. The van der Waals surface area contributed by atoms with E-state index in [1.807, 2.05) is 0 Å². The lowest BCUT2D eigenvalue weighted by atomic mass is 10.0. The van der Waals surface area contributed by atoms with Crippen LogP contribution in [0.3, 0.4) is 0 Å². The first-order chi connectivity index (χ1) is 9.24. The minimum atomic E-state index is 0.551. The average molecular weight is 258 g/mol.